The molecule has 146 valence electrons. The molecule has 0 spiro atoms. The molecule has 2 aromatic carbocycles. The van der Waals surface area contributed by atoms with Gasteiger partial charge in [-0.3, -0.25) is 4.79 Å². The van der Waals surface area contributed by atoms with E-state index in [2.05, 4.69) is 10.6 Å². The van der Waals surface area contributed by atoms with Gasteiger partial charge in [-0.25, -0.2) is 4.79 Å². The van der Waals surface area contributed by atoms with Gasteiger partial charge in [0.25, 0.3) is 0 Å². The smallest absolute Gasteiger partial charge is 0.338 e. The fraction of sp³-hybridized carbons (Fsp3) is 0.136. The van der Waals surface area contributed by atoms with Crippen molar-refractivity contribution in [2.45, 2.75) is 19.6 Å². The first kappa shape index (κ1) is 18.9. The molecule has 0 bridgehead atoms. The Labute approximate surface area is 172 Å². The lowest BCUT2D eigenvalue weighted by atomic mass is 9.96. The fourth-order valence-corrected chi connectivity index (χ4v) is 3.56. The number of ether oxygens (including phenoxy) is 1. The van der Waals surface area contributed by atoms with Crippen LogP contribution in [0.3, 0.4) is 0 Å². The van der Waals surface area contributed by atoms with Crippen molar-refractivity contribution in [2.24, 2.45) is 0 Å². The van der Waals surface area contributed by atoms with E-state index in [1.54, 1.807) is 31.2 Å². The Morgan fingerprint density at radius 1 is 1.14 bits per heavy atom. The quantitative estimate of drug-likeness (QED) is 0.508. The highest BCUT2D eigenvalue weighted by Crippen LogP contribution is 2.27. The maximum Gasteiger partial charge on any atom is 0.338 e. The monoisotopic (exact) mass is 406 g/mol. The lowest BCUT2D eigenvalue weighted by Crippen LogP contribution is -2.46. The van der Waals surface area contributed by atoms with Gasteiger partial charge < -0.3 is 19.8 Å². The van der Waals surface area contributed by atoms with Crippen molar-refractivity contribution in [1.82, 2.24) is 10.6 Å². The van der Waals surface area contributed by atoms with E-state index in [4.69, 9.17) is 21.4 Å². The summed E-state index contributed by atoms with van der Waals surface area (Å²) >= 11 is 5.24. The Hall–Kier alpha value is -3.45. The molecule has 2 heterocycles. The zero-order valence-electron chi connectivity index (χ0n) is 15.6. The first-order valence-corrected chi connectivity index (χ1v) is 9.45. The van der Waals surface area contributed by atoms with Crippen LogP contribution in [-0.2, 0) is 16.1 Å². The molecule has 29 heavy (non-hydrogen) atoms. The number of hydrogen-bond acceptors (Lipinski definition) is 5. The zero-order chi connectivity index (χ0) is 20.4. The third-order valence-electron chi connectivity index (χ3n) is 4.72. The summed E-state index contributed by atoms with van der Waals surface area (Å²) in [5.41, 5.74) is 2.23. The second-order valence-corrected chi connectivity index (χ2v) is 7.06. The van der Waals surface area contributed by atoms with E-state index in [-0.39, 0.29) is 17.6 Å². The van der Waals surface area contributed by atoms with E-state index in [9.17, 15) is 9.59 Å². The van der Waals surface area contributed by atoms with Crippen LogP contribution < -0.4 is 16.1 Å². The van der Waals surface area contributed by atoms with Crippen molar-refractivity contribution in [3.63, 3.8) is 0 Å². The van der Waals surface area contributed by atoms with Crippen molar-refractivity contribution in [1.29, 1.82) is 0 Å². The van der Waals surface area contributed by atoms with Gasteiger partial charge in [0.1, 0.15) is 18.5 Å². The molecule has 0 radical (unpaired) electrons. The number of allylic oxidation sites excluding steroid dienone is 1. The lowest BCUT2D eigenvalue weighted by Gasteiger charge is -2.29. The van der Waals surface area contributed by atoms with Crippen LogP contribution in [0.2, 0.25) is 0 Å². The van der Waals surface area contributed by atoms with Crippen LogP contribution in [0.15, 0.2) is 81.3 Å². The second-order valence-electron chi connectivity index (χ2n) is 6.65. The number of para-hydroxylation sites is 1. The highest BCUT2D eigenvalue weighted by Gasteiger charge is 2.33. The molecule has 6 nitrogen and oxygen atoms in total. The van der Waals surface area contributed by atoms with E-state index in [1.165, 1.54) is 6.26 Å². The number of nitrogens with one attached hydrogen (secondary N) is 2. The molecule has 3 aromatic rings. The number of carbonyl (C=O) groups is 1. The summed E-state index contributed by atoms with van der Waals surface area (Å²) in [6.45, 7) is 1.85. The number of benzene rings is 2. The molecule has 1 aliphatic heterocycles. The van der Waals surface area contributed by atoms with Crippen LogP contribution in [0.4, 0.5) is 0 Å². The van der Waals surface area contributed by atoms with E-state index in [0.717, 1.165) is 5.56 Å². The molecule has 7 heteroatoms. The fourth-order valence-electron chi connectivity index (χ4n) is 3.29. The van der Waals surface area contributed by atoms with Gasteiger partial charge in [0.15, 0.2) is 10.5 Å². The van der Waals surface area contributed by atoms with Gasteiger partial charge in [0.2, 0.25) is 0 Å². The number of thiocarbonyl (C=S) groups is 1. The first-order chi connectivity index (χ1) is 14.0. The maximum atomic E-state index is 13.1. The highest BCUT2D eigenvalue weighted by atomic mass is 32.1. The molecular weight excluding hydrogens is 388 g/mol. The van der Waals surface area contributed by atoms with Crippen molar-refractivity contribution >= 4 is 34.3 Å². The third-order valence-corrected chi connectivity index (χ3v) is 4.94. The molecule has 1 aliphatic rings. The molecule has 0 aliphatic carbocycles. The molecule has 1 unspecified atom stereocenters. The van der Waals surface area contributed by atoms with Crippen LogP contribution in [0, 0.1) is 0 Å². The number of esters is 1. The number of hydrogen-bond donors (Lipinski definition) is 2. The summed E-state index contributed by atoms with van der Waals surface area (Å²) in [7, 11) is 0. The van der Waals surface area contributed by atoms with Crippen LogP contribution in [-0.4, -0.2) is 11.1 Å². The standard InChI is InChI=1S/C22H18N2O4S/c1-13-18(21(26)28-11-14-7-3-2-4-8-14)19(24-22(29)23-13)16-12-27-17-10-6-5-9-15(17)20(16)25/h2-10,12,19H,11H2,1H3,(H2,23,24,29). The molecule has 0 saturated heterocycles. The Kier molecular flexibility index (Phi) is 5.14. The topological polar surface area (TPSA) is 80.6 Å². The molecule has 0 saturated carbocycles. The molecule has 1 aromatic heterocycles. The van der Waals surface area contributed by atoms with Gasteiger partial charge in [-0.05, 0) is 36.8 Å². The average molecular weight is 406 g/mol. The SMILES string of the molecule is CC1=C(C(=O)OCc2ccccc2)C(c2coc3ccccc3c2=O)NC(=S)N1. The van der Waals surface area contributed by atoms with Crippen molar-refractivity contribution in [2.75, 3.05) is 0 Å². The zero-order valence-corrected chi connectivity index (χ0v) is 16.4. The van der Waals surface area contributed by atoms with Gasteiger partial charge in [-0.15, -0.1) is 0 Å². The molecule has 2 N–H and O–H groups in total. The number of carbonyl (C=O) groups excluding carboxylic acids is 1. The third kappa shape index (κ3) is 3.77. The lowest BCUT2D eigenvalue weighted by molar-refractivity contribution is -0.140. The molecule has 0 amide bonds. The van der Waals surface area contributed by atoms with Crippen LogP contribution in [0.1, 0.15) is 24.1 Å². The molecule has 1 atom stereocenters. The van der Waals surface area contributed by atoms with E-state index >= 15 is 0 Å². The van der Waals surface area contributed by atoms with Crippen LogP contribution >= 0.6 is 12.2 Å². The van der Waals surface area contributed by atoms with Gasteiger partial charge in [0, 0.05) is 5.70 Å². The number of fused-ring (bicyclic) bond motifs is 1. The van der Waals surface area contributed by atoms with Gasteiger partial charge in [0.05, 0.1) is 22.6 Å². The van der Waals surface area contributed by atoms with Crippen LogP contribution in [0.25, 0.3) is 11.0 Å². The summed E-state index contributed by atoms with van der Waals surface area (Å²) in [6, 6.07) is 15.6. The van der Waals surface area contributed by atoms with E-state index in [1.807, 2.05) is 30.3 Å². The van der Waals surface area contributed by atoms with Crippen molar-refractivity contribution in [3.8, 4) is 0 Å². The summed E-state index contributed by atoms with van der Waals surface area (Å²) in [5, 5.41) is 6.69. The molecular formula is C22H18N2O4S. The average Bonchev–Trinajstić information content (AvgIpc) is 2.73. The van der Waals surface area contributed by atoms with Crippen molar-refractivity contribution < 1.29 is 13.9 Å². The maximum absolute atomic E-state index is 13.1. The largest absolute Gasteiger partial charge is 0.464 e. The van der Waals surface area contributed by atoms with Crippen LogP contribution in [0.5, 0.6) is 0 Å². The predicted octanol–water partition coefficient (Wildman–Crippen LogP) is 3.33. The highest BCUT2D eigenvalue weighted by molar-refractivity contribution is 7.80. The molecule has 4 rings (SSSR count). The van der Waals surface area contributed by atoms with Gasteiger partial charge in [-0.2, -0.15) is 0 Å². The second kappa shape index (κ2) is 7.89. The summed E-state index contributed by atoms with van der Waals surface area (Å²) in [5.74, 6) is -0.536. The minimum atomic E-state index is -0.770. The van der Waals surface area contributed by atoms with E-state index in [0.29, 0.717) is 27.3 Å². The first-order valence-electron chi connectivity index (χ1n) is 9.04. The van der Waals surface area contributed by atoms with E-state index < -0.39 is 12.0 Å². The summed E-state index contributed by atoms with van der Waals surface area (Å²) in [4.78, 5) is 26.0. The Balaban J connectivity index is 1.70. The minimum Gasteiger partial charge on any atom is -0.464 e. The molecule has 0 fully saturated rings. The summed E-state index contributed by atoms with van der Waals surface area (Å²) in [6.07, 6.45) is 1.37. The minimum absolute atomic E-state index is 0.125. The normalized spacial score (nSPS) is 16.3. The number of rotatable bonds is 4. The predicted molar refractivity (Wildman–Crippen MR) is 113 cm³/mol. The van der Waals surface area contributed by atoms with Gasteiger partial charge in [-0.1, -0.05) is 42.5 Å². The Morgan fingerprint density at radius 2 is 1.86 bits per heavy atom. The van der Waals surface area contributed by atoms with Gasteiger partial charge >= 0.3 is 5.97 Å². The Morgan fingerprint density at radius 3 is 2.66 bits per heavy atom. The Bertz CT molecular complexity index is 1180. The summed E-state index contributed by atoms with van der Waals surface area (Å²) < 4.78 is 11.1. The van der Waals surface area contributed by atoms with Crippen molar-refractivity contribution in [3.05, 3.63) is 93.5 Å².